The summed E-state index contributed by atoms with van der Waals surface area (Å²) in [5.74, 6) is 0.0904. The maximum atomic E-state index is 14.0. The Morgan fingerprint density at radius 2 is 1.35 bits per heavy atom. The van der Waals surface area contributed by atoms with Crippen molar-refractivity contribution in [3.63, 3.8) is 0 Å². The Morgan fingerprint density at radius 1 is 0.846 bits per heavy atom. The Morgan fingerprint density at radius 3 is 1.85 bits per heavy atom. The molecule has 3 heteroatoms. The van der Waals surface area contributed by atoms with Crippen molar-refractivity contribution < 1.29 is 9.36 Å². The van der Waals surface area contributed by atoms with Gasteiger partial charge in [-0.25, -0.2) is 0 Å². The molecule has 2 aromatic carbocycles. The minimum Gasteiger partial charge on any atom is -0.323 e. The molecule has 0 saturated heterocycles. The standard InChI is InChI=1S/C23H31O2P/c1-3-5-17-26(25,18-6-4-2)23(21-15-11-8-12-16-21)19-22(24)20-13-9-7-10-14-20/h7-16,23H,3-6,17-19H2,1-2H3. The number of Topliss-reactive ketones (excluding diaryl/α,β-unsaturated/α-hetero) is 1. The quantitative estimate of drug-likeness (QED) is 0.316. The summed E-state index contributed by atoms with van der Waals surface area (Å²) in [5, 5.41) is 0. The van der Waals surface area contributed by atoms with E-state index in [1.807, 2.05) is 60.7 Å². The lowest BCUT2D eigenvalue weighted by Gasteiger charge is -2.28. The number of hydrogen-bond donors (Lipinski definition) is 0. The smallest absolute Gasteiger partial charge is 0.163 e. The molecule has 1 unspecified atom stereocenters. The number of carbonyl (C=O) groups is 1. The van der Waals surface area contributed by atoms with E-state index in [-0.39, 0.29) is 11.4 Å². The zero-order valence-electron chi connectivity index (χ0n) is 16.1. The summed E-state index contributed by atoms with van der Waals surface area (Å²) in [4.78, 5) is 12.9. The number of ketones is 1. The predicted molar refractivity (Wildman–Crippen MR) is 112 cm³/mol. The second kappa shape index (κ2) is 10.5. The summed E-state index contributed by atoms with van der Waals surface area (Å²) >= 11 is 0. The van der Waals surface area contributed by atoms with Crippen LogP contribution in [0.4, 0.5) is 0 Å². The van der Waals surface area contributed by atoms with E-state index in [1.54, 1.807) is 0 Å². The van der Waals surface area contributed by atoms with Crippen LogP contribution in [0.2, 0.25) is 0 Å². The zero-order valence-corrected chi connectivity index (χ0v) is 17.0. The van der Waals surface area contributed by atoms with Crippen molar-refractivity contribution in [1.29, 1.82) is 0 Å². The Balaban J connectivity index is 2.35. The number of carbonyl (C=O) groups excluding carboxylic acids is 1. The summed E-state index contributed by atoms with van der Waals surface area (Å²) < 4.78 is 14.0. The van der Waals surface area contributed by atoms with Crippen LogP contribution in [0.5, 0.6) is 0 Å². The number of rotatable bonds is 11. The Kier molecular flexibility index (Phi) is 8.32. The number of benzene rings is 2. The van der Waals surface area contributed by atoms with Gasteiger partial charge in [0.05, 0.1) is 7.14 Å². The number of hydrogen-bond acceptors (Lipinski definition) is 2. The average Bonchev–Trinajstić information content (AvgIpc) is 2.70. The summed E-state index contributed by atoms with van der Waals surface area (Å²) in [7, 11) is -2.48. The van der Waals surface area contributed by atoms with Crippen molar-refractivity contribution in [2.24, 2.45) is 0 Å². The highest BCUT2D eigenvalue weighted by Gasteiger charge is 2.34. The van der Waals surface area contributed by atoms with Gasteiger partial charge in [0.15, 0.2) is 5.78 Å². The van der Waals surface area contributed by atoms with E-state index in [0.717, 1.165) is 43.6 Å². The molecule has 0 aliphatic heterocycles. The van der Waals surface area contributed by atoms with Crippen LogP contribution in [0.25, 0.3) is 0 Å². The van der Waals surface area contributed by atoms with Crippen LogP contribution in [0, 0.1) is 0 Å². The normalized spacial score (nSPS) is 12.7. The second-order valence-electron chi connectivity index (χ2n) is 7.03. The van der Waals surface area contributed by atoms with Crippen LogP contribution in [-0.2, 0) is 4.57 Å². The van der Waals surface area contributed by atoms with Crippen LogP contribution in [0.1, 0.15) is 67.5 Å². The van der Waals surface area contributed by atoms with Crippen LogP contribution in [0.3, 0.4) is 0 Å². The van der Waals surface area contributed by atoms with Crippen molar-refractivity contribution in [2.75, 3.05) is 12.3 Å². The van der Waals surface area contributed by atoms with Crippen LogP contribution in [-0.4, -0.2) is 18.1 Å². The predicted octanol–water partition coefficient (Wildman–Crippen LogP) is 6.96. The second-order valence-corrected chi connectivity index (χ2v) is 10.4. The third kappa shape index (κ3) is 5.68. The number of unbranched alkanes of at least 4 members (excludes halogenated alkanes) is 2. The van der Waals surface area contributed by atoms with Gasteiger partial charge in [0.1, 0.15) is 0 Å². The summed E-state index contributed by atoms with van der Waals surface area (Å²) in [6, 6.07) is 19.4. The van der Waals surface area contributed by atoms with E-state index < -0.39 is 7.14 Å². The van der Waals surface area contributed by atoms with E-state index in [9.17, 15) is 9.36 Å². The maximum absolute atomic E-state index is 14.0. The van der Waals surface area contributed by atoms with Crippen molar-refractivity contribution in [1.82, 2.24) is 0 Å². The van der Waals surface area contributed by atoms with E-state index in [1.165, 1.54) is 0 Å². The molecule has 0 amide bonds. The van der Waals surface area contributed by atoms with Gasteiger partial charge in [-0.1, -0.05) is 87.4 Å². The first kappa shape index (κ1) is 20.6. The average molecular weight is 370 g/mol. The molecule has 1 atom stereocenters. The van der Waals surface area contributed by atoms with E-state index in [4.69, 9.17) is 0 Å². The molecule has 0 saturated carbocycles. The molecule has 140 valence electrons. The third-order valence-corrected chi connectivity index (χ3v) is 8.77. The molecule has 0 aromatic heterocycles. The highest BCUT2D eigenvalue weighted by molar-refractivity contribution is 7.64. The monoisotopic (exact) mass is 370 g/mol. The fourth-order valence-electron chi connectivity index (χ4n) is 3.42. The molecule has 0 aliphatic carbocycles. The maximum Gasteiger partial charge on any atom is 0.163 e. The zero-order chi connectivity index (χ0) is 18.8. The van der Waals surface area contributed by atoms with Gasteiger partial charge in [0, 0.05) is 30.0 Å². The summed E-state index contributed by atoms with van der Waals surface area (Å²) in [5.41, 5.74) is 1.59. The van der Waals surface area contributed by atoms with Gasteiger partial charge in [-0.3, -0.25) is 4.79 Å². The van der Waals surface area contributed by atoms with E-state index >= 15 is 0 Å². The topological polar surface area (TPSA) is 34.1 Å². The molecule has 26 heavy (non-hydrogen) atoms. The molecule has 2 rings (SSSR count). The molecular weight excluding hydrogens is 339 g/mol. The van der Waals surface area contributed by atoms with Crippen LogP contribution in [0.15, 0.2) is 60.7 Å². The van der Waals surface area contributed by atoms with Crippen molar-refractivity contribution in [3.05, 3.63) is 71.8 Å². The van der Waals surface area contributed by atoms with Crippen molar-refractivity contribution in [3.8, 4) is 0 Å². The molecule has 0 bridgehead atoms. The van der Waals surface area contributed by atoms with Gasteiger partial charge in [-0.05, 0) is 18.4 Å². The Bertz CT molecular complexity index is 698. The van der Waals surface area contributed by atoms with Crippen molar-refractivity contribution in [2.45, 2.75) is 51.6 Å². The molecule has 0 radical (unpaired) electrons. The molecule has 2 nitrogen and oxygen atoms in total. The van der Waals surface area contributed by atoms with E-state index in [2.05, 4.69) is 13.8 Å². The lowest BCUT2D eigenvalue weighted by molar-refractivity contribution is 0.0980. The third-order valence-electron chi connectivity index (χ3n) is 5.01. The largest absolute Gasteiger partial charge is 0.323 e. The molecule has 2 aromatic rings. The van der Waals surface area contributed by atoms with E-state index in [0.29, 0.717) is 12.0 Å². The van der Waals surface area contributed by atoms with Gasteiger partial charge in [-0.2, -0.15) is 0 Å². The molecule has 0 N–H and O–H groups in total. The fraction of sp³-hybridized carbons (Fsp3) is 0.435. The lowest BCUT2D eigenvalue weighted by Crippen LogP contribution is -2.12. The first-order valence-corrected chi connectivity index (χ1v) is 12.0. The van der Waals surface area contributed by atoms with Gasteiger partial charge in [0.25, 0.3) is 0 Å². The van der Waals surface area contributed by atoms with Gasteiger partial charge in [-0.15, -0.1) is 0 Å². The minimum absolute atomic E-state index is 0.0904. The minimum atomic E-state index is -2.48. The first-order chi connectivity index (χ1) is 12.6. The van der Waals surface area contributed by atoms with Gasteiger partial charge < -0.3 is 4.57 Å². The molecule has 0 aliphatic rings. The molecule has 0 heterocycles. The first-order valence-electron chi connectivity index (χ1n) is 9.81. The molecule has 0 spiro atoms. The van der Waals surface area contributed by atoms with Gasteiger partial charge in [0.2, 0.25) is 0 Å². The molecule has 0 fully saturated rings. The summed E-state index contributed by atoms with van der Waals surface area (Å²) in [6.45, 7) is 4.27. The Labute approximate surface area is 158 Å². The highest BCUT2D eigenvalue weighted by Crippen LogP contribution is 2.61. The highest BCUT2D eigenvalue weighted by atomic mass is 31.2. The SMILES string of the molecule is CCCCP(=O)(CCCC)C(CC(=O)c1ccccc1)c1ccccc1. The Hall–Kier alpha value is -1.66. The lowest BCUT2D eigenvalue weighted by atomic mass is 10.0. The fourth-order valence-corrected chi connectivity index (χ4v) is 7.19. The van der Waals surface area contributed by atoms with Crippen LogP contribution >= 0.6 is 7.14 Å². The van der Waals surface area contributed by atoms with Gasteiger partial charge >= 0.3 is 0 Å². The molecular formula is C23H31O2P. The van der Waals surface area contributed by atoms with Crippen LogP contribution < -0.4 is 0 Å². The summed E-state index contributed by atoms with van der Waals surface area (Å²) in [6.07, 6.45) is 5.80. The van der Waals surface area contributed by atoms with Crippen molar-refractivity contribution >= 4 is 12.9 Å².